The summed E-state index contributed by atoms with van der Waals surface area (Å²) in [6, 6.07) is 1.87. The zero-order valence-electron chi connectivity index (χ0n) is 9.50. The van der Waals surface area contributed by atoms with Gasteiger partial charge >= 0.3 is 0 Å². The van der Waals surface area contributed by atoms with Crippen LogP contribution in [0.1, 0.15) is 27.7 Å². The molecule has 0 aromatic carbocycles. The number of carbonyl (C=O) groups excluding carboxylic acids is 1. The average molecular weight is 314 g/mol. The van der Waals surface area contributed by atoms with Gasteiger partial charge in [-0.3, -0.25) is 9.89 Å². The van der Waals surface area contributed by atoms with Gasteiger partial charge in [-0.1, -0.05) is 6.92 Å². The van der Waals surface area contributed by atoms with Crippen LogP contribution in [0, 0.1) is 6.92 Å². The first-order valence-electron chi connectivity index (χ1n) is 5.21. The number of H-pyrrole nitrogens is 1. The van der Waals surface area contributed by atoms with Crippen molar-refractivity contribution in [1.29, 1.82) is 0 Å². The van der Waals surface area contributed by atoms with Crippen LogP contribution in [0.15, 0.2) is 16.0 Å². The first kappa shape index (κ1) is 12.3. The summed E-state index contributed by atoms with van der Waals surface area (Å²) >= 11 is 4.84. The topological polar surface area (TPSA) is 57.8 Å². The lowest BCUT2D eigenvalue weighted by Crippen LogP contribution is -2.11. The molecule has 0 spiro atoms. The van der Waals surface area contributed by atoms with E-state index in [1.165, 1.54) is 11.3 Å². The Balaban J connectivity index is 2.17. The average Bonchev–Trinajstić information content (AvgIpc) is 2.86. The summed E-state index contributed by atoms with van der Waals surface area (Å²) in [7, 11) is 0. The van der Waals surface area contributed by atoms with Crippen molar-refractivity contribution in [1.82, 2.24) is 10.2 Å². The van der Waals surface area contributed by atoms with E-state index in [9.17, 15) is 4.79 Å². The minimum absolute atomic E-state index is 0.109. The molecule has 90 valence electrons. The molecule has 0 atom stereocenters. The monoisotopic (exact) mass is 313 g/mol. The maximum Gasteiger partial charge on any atom is 0.266 e. The third-order valence-corrected chi connectivity index (χ3v) is 4.55. The molecule has 1 amide bonds. The number of thiophene rings is 1. The number of nitrogens with zero attached hydrogens (tertiary/aromatic N) is 1. The Morgan fingerprint density at radius 1 is 1.65 bits per heavy atom. The van der Waals surface area contributed by atoms with Crippen LogP contribution in [-0.4, -0.2) is 16.1 Å². The van der Waals surface area contributed by atoms with E-state index in [0.29, 0.717) is 10.7 Å². The van der Waals surface area contributed by atoms with E-state index in [4.69, 9.17) is 0 Å². The zero-order chi connectivity index (χ0) is 12.4. The second-order valence-electron chi connectivity index (χ2n) is 3.65. The largest absolute Gasteiger partial charge is 0.306 e. The molecule has 0 unspecified atom stereocenters. The maximum atomic E-state index is 12.0. The van der Waals surface area contributed by atoms with Crippen molar-refractivity contribution in [2.45, 2.75) is 20.3 Å². The van der Waals surface area contributed by atoms with Crippen LogP contribution in [0.5, 0.6) is 0 Å². The van der Waals surface area contributed by atoms with Crippen LogP contribution in [0.25, 0.3) is 0 Å². The summed E-state index contributed by atoms with van der Waals surface area (Å²) < 4.78 is 0.989. The molecular weight excluding hydrogens is 302 g/mol. The van der Waals surface area contributed by atoms with Crippen molar-refractivity contribution in [3.05, 3.63) is 32.1 Å². The van der Waals surface area contributed by atoms with Crippen LogP contribution in [0.2, 0.25) is 0 Å². The van der Waals surface area contributed by atoms with Gasteiger partial charge in [-0.25, -0.2) is 0 Å². The summed E-state index contributed by atoms with van der Waals surface area (Å²) in [4.78, 5) is 12.7. The Bertz CT molecular complexity index is 527. The third-order valence-electron chi connectivity index (χ3n) is 2.42. The Kier molecular flexibility index (Phi) is 3.63. The molecule has 17 heavy (non-hydrogen) atoms. The van der Waals surface area contributed by atoms with Crippen LogP contribution in [-0.2, 0) is 6.42 Å². The van der Waals surface area contributed by atoms with Gasteiger partial charge in [0.15, 0.2) is 0 Å². The molecule has 2 heterocycles. The van der Waals surface area contributed by atoms with Crippen LogP contribution in [0.3, 0.4) is 0 Å². The number of anilines is 1. The van der Waals surface area contributed by atoms with Crippen molar-refractivity contribution >= 4 is 39.0 Å². The molecule has 0 bridgehead atoms. The highest BCUT2D eigenvalue weighted by atomic mass is 79.9. The number of aromatic nitrogens is 2. The number of amides is 1. The predicted octanol–water partition coefficient (Wildman–Crippen LogP) is 3.36. The number of hydrogen-bond acceptors (Lipinski definition) is 3. The highest BCUT2D eigenvalue weighted by Gasteiger charge is 2.13. The SMILES string of the molecule is CCc1cn[nH]c1NC(=O)c1cc(C)c(Br)s1. The zero-order valence-corrected chi connectivity index (χ0v) is 11.9. The van der Waals surface area contributed by atoms with E-state index in [1.54, 1.807) is 6.20 Å². The van der Waals surface area contributed by atoms with Gasteiger partial charge in [-0.05, 0) is 40.9 Å². The summed E-state index contributed by atoms with van der Waals surface area (Å²) in [5.41, 5.74) is 2.08. The molecule has 6 heteroatoms. The maximum absolute atomic E-state index is 12.0. The quantitative estimate of drug-likeness (QED) is 0.913. The number of rotatable bonds is 3. The molecule has 0 saturated heterocycles. The molecule has 0 aliphatic heterocycles. The third kappa shape index (κ3) is 2.58. The van der Waals surface area contributed by atoms with Gasteiger partial charge in [0, 0.05) is 5.56 Å². The fraction of sp³-hybridized carbons (Fsp3) is 0.273. The molecule has 4 nitrogen and oxygen atoms in total. The highest BCUT2D eigenvalue weighted by Crippen LogP contribution is 2.28. The summed E-state index contributed by atoms with van der Waals surface area (Å²) in [6.45, 7) is 3.98. The number of hydrogen-bond donors (Lipinski definition) is 2. The van der Waals surface area contributed by atoms with Gasteiger partial charge in [0.25, 0.3) is 5.91 Å². The van der Waals surface area contributed by atoms with E-state index in [1.807, 2.05) is 19.9 Å². The molecule has 2 rings (SSSR count). The molecule has 0 aliphatic carbocycles. The number of carbonyl (C=O) groups is 1. The van der Waals surface area contributed by atoms with Gasteiger partial charge in [-0.2, -0.15) is 5.10 Å². The lowest BCUT2D eigenvalue weighted by atomic mass is 10.2. The Hall–Kier alpha value is -1.14. The van der Waals surface area contributed by atoms with E-state index in [2.05, 4.69) is 31.4 Å². The van der Waals surface area contributed by atoms with Crippen molar-refractivity contribution in [3.63, 3.8) is 0 Å². The molecule has 2 aromatic heterocycles. The fourth-order valence-electron chi connectivity index (χ4n) is 1.43. The summed E-state index contributed by atoms with van der Waals surface area (Å²) in [6.07, 6.45) is 2.56. The van der Waals surface area contributed by atoms with Gasteiger partial charge < -0.3 is 5.32 Å². The predicted molar refractivity (Wildman–Crippen MR) is 72.7 cm³/mol. The molecular formula is C11H12BrN3OS. The van der Waals surface area contributed by atoms with Crippen LogP contribution < -0.4 is 5.32 Å². The first-order chi connectivity index (χ1) is 8.11. The second-order valence-corrected chi connectivity index (χ2v) is 6.02. The molecule has 2 N–H and O–H groups in total. The molecule has 2 aromatic rings. The van der Waals surface area contributed by atoms with Crippen molar-refractivity contribution in [3.8, 4) is 0 Å². The standard InChI is InChI=1S/C11H12BrN3OS/c1-3-7-5-13-15-10(7)14-11(16)8-4-6(2)9(12)17-8/h4-5H,3H2,1-2H3,(H2,13,14,15,16). The first-order valence-corrected chi connectivity index (χ1v) is 6.82. The van der Waals surface area contributed by atoms with E-state index in [-0.39, 0.29) is 5.91 Å². The van der Waals surface area contributed by atoms with Crippen molar-refractivity contribution in [2.24, 2.45) is 0 Å². The number of aromatic amines is 1. The van der Waals surface area contributed by atoms with Crippen molar-refractivity contribution in [2.75, 3.05) is 5.32 Å². The van der Waals surface area contributed by atoms with E-state index in [0.717, 1.165) is 21.3 Å². The highest BCUT2D eigenvalue weighted by molar-refractivity contribution is 9.11. The minimum atomic E-state index is -0.109. The van der Waals surface area contributed by atoms with Gasteiger partial charge in [0.05, 0.1) is 14.9 Å². The molecule has 0 fully saturated rings. The summed E-state index contributed by atoms with van der Waals surface area (Å²) in [5, 5.41) is 9.54. The lowest BCUT2D eigenvalue weighted by molar-refractivity contribution is 0.103. The number of aryl methyl sites for hydroxylation is 2. The smallest absolute Gasteiger partial charge is 0.266 e. The second kappa shape index (κ2) is 5.01. The number of nitrogens with one attached hydrogen (secondary N) is 2. The van der Waals surface area contributed by atoms with Crippen molar-refractivity contribution < 1.29 is 4.79 Å². The van der Waals surface area contributed by atoms with Gasteiger partial charge in [-0.15, -0.1) is 11.3 Å². The lowest BCUT2D eigenvalue weighted by Gasteiger charge is -2.02. The number of halogens is 1. The van der Waals surface area contributed by atoms with E-state index >= 15 is 0 Å². The normalized spacial score (nSPS) is 10.5. The van der Waals surface area contributed by atoms with Gasteiger partial charge in [0.2, 0.25) is 0 Å². The minimum Gasteiger partial charge on any atom is -0.306 e. The van der Waals surface area contributed by atoms with Crippen LogP contribution in [0.4, 0.5) is 5.82 Å². The Morgan fingerprint density at radius 3 is 3.00 bits per heavy atom. The summed E-state index contributed by atoms with van der Waals surface area (Å²) in [5.74, 6) is 0.572. The van der Waals surface area contributed by atoms with Crippen LogP contribution >= 0.6 is 27.3 Å². The fourth-order valence-corrected chi connectivity index (χ4v) is 2.86. The molecule has 0 aliphatic rings. The van der Waals surface area contributed by atoms with Gasteiger partial charge in [0.1, 0.15) is 5.82 Å². The molecule has 0 saturated carbocycles. The Labute approximate surface area is 112 Å². The molecule has 0 radical (unpaired) electrons. The van der Waals surface area contributed by atoms with E-state index < -0.39 is 0 Å². The Morgan fingerprint density at radius 2 is 2.41 bits per heavy atom.